The fourth-order valence-corrected chi connectivity index (χ4v) is 5.11. The summed E-state index contributed by atoms with van der Waals surface area (Å²) in [6.45, 7) is 5.31. The highest BCUT2D eigenvalue weighted by molar-refractivity contribution is 7.57. The van der Waals surface area contributed by atoms with Crippen molar-refractivity contribution in [2.45, 2.75) is 45.5 Å². The first-order chi connectivity index (χ1) is 17.7. The molecule has 0 radical (unpaired) electrons. The first-order valence-electron chi connectivity index (χ1n) is 11.6. The zero-order valence-corrected chi connectivity index (χ0v) is 21.8. The molecule has 198 valence electrons. The number of nitrogens with zero attached hydrogens (tertiary/aromatic N) is 5. The number of nitrogens with one attached hydrogen (secondary N) is 2. The summed E-state index contributed by atoms with van der Waals surface area (Å²) in [5.41, 5.74) is 6.88. The maximum Gasteiger partial charge on any atom is 0.342 e. The van der Waals surface area contributed by atoms with Gasteiger partial charge in [0.1, 0.15) is 36.6 Å². The Hall–Kier alpha value is -3.56. The zero-order valence-electron chi connectivity index (χ0n) is 20.9. The van der Waals surface area contributed by atoms with Gasteiger partial charge < -0.3 is 29.6 Å². The summed E-state index contributed by atoms with van der Waals surface area (Å²) in [6, 6.07) is 9.20. The Balaban J connectivity index is 1.76. The van der Waals surface area contributed by atoms with Crippen LogP contribution in [-0.2, 0) is 25.4 Å². The van der Waals surface area contributed by atoms with Crippen molar-refractivity contribution in [3.05, 3.63) is 43.0 Å². The Kier molecular flexibility index (Phi) is 9.93. The number of nitrogen functional groups attached to an aromatic ring is 1. The maximum atomic E-state index is 14.0. The summed E-state index contributed by atoms with van der Waals surface area (Å²) < 4.78 is 32.7. The fraction of sp³-hybridized carbons (Fsp3) is 0.435. The minimum absolute atomic E-state index is 0.165. The number of benzene rings is 1. The average Bonchev–Trinajstić information content (AvgIpc) is 3.26. The van der Waals surface area contributed by atoms with Gasteiger partial charge in [-0.05, 0) is 32.9 Å². The lowest BCUT2D eigenvalue weighted by molar-refractivity contribution is -0.124. The number of rotatable bonds is 14. The smallest absolute Gasteiger partial charge is 0.342 e. The monoisotopic (exact) mass is 530 g/mol. The summed E-state index contributed by atoms with van der Waals surface area (Å²) in [5, 5.41) is 14.4. The number of nitriles is 1. The predicted molar refractivity (Wildman–Crippen MR) is 136 cm³/mol. The van der Waals surface area contributed by atoms with E-state index in [0.717, 1.165) is 0 Å². The topological polar surface area (TPSA) is 179 Å². The van der Waals surface area contributed by atoms with Crippen molar-refractivity contribution >= 4 is 30.4 Å². The molecule has 0 aliphatic heterocycles. The second-order valence-corrected chi connectivity index (χ2v) is 10.6. The van der Waals surface area contributed by atoms with Crippen LogP contribution in [0.1, 0.15) is 20.8 Å². The average molecular weight is 531 g/mol. The van der Waals surface area contributed by atoms with E-state index in [0.29, 0.717) is 23.5 Å². The van der Waals surface area contributed by atoms with Crippen LogP contribution in [0.2, 0.25) is 0 Å². The maximum absolute atomic E-state index is 14.0. The van der Waals surface area contributed by atoms with Gasteiger partial charge >= 0.3 is 7.52 Å². The Labute approximate surface area is 214 Å². The van der Waals surface area contributed by atoms with Crippen LogP contribution in [-0.4, -0.2) is 63.2 Å². The standard InChI is InChI=1S/C23H31N8O5P/c1-16(2)29-23(32)19(12-34-10-9-24)30-37(33,36-18-7-5-4-6-8-18)15-35-17(3)11-31-14-28-20-21(25)26-13-27-22(20)31/h4-8,13-14,16-17,19H,10-12,15H2,1-3H3,(H,29,32)(H,30,33)(H2,25,26,27)/t17-,19+,37?/m1/s1. The summed E-state index contributed by atoms with van der Waals surface area (Å²) in [6.07, 6.45) is 2.13. The highest BCUT2D eigenvalue weighted by Crippen LogP contribution is 2.44. The van der Waals surface area contributed by atoms with Crippen molar-refractivity contribution in [2.75, 3.05) is 25.3 Å². The van der Waals surface area contributed by atoms with Crippen molar-refractivity contribution < 1.29 is 23.4 Å². The van der Waals surface area contributed by atoms with E-state index in [2.05, 4.69) is 25.4 Å². The quantitative estimate of drug-likeness (QED) is 0.205. The van der Waals surface area contributed by atoms with E-state index in [1.165, 1.54) is 6.33 Å². The van der Waals surface area contributed by atoms with E-state index in [9.17, 15) is 9.36 Å². The van der Waals surface area contributed by atoms with Crippen LogP contribution >= 0.6 is 7.52 Å². The van der Waals surface area contributed by atoms with E-state index in [-0.39, 0.29) is 31.4 Å². The molecule has 3 rings (SSSR count). The SMILES string of the molecule is CC(C)NC(=O)[C@H](COCC#N)NP(=O)(CO[C@H](C)Cn1cnc2c(N)ncnc21)Oc1ccccc1. The lowest BCUT2D eigenvalue weighted by Gasteiger charge is -2.27. The largest absolute Gasteiger partial charge is 0.431 e. The van der Waals surface area contributed by atoms with Crippen LogP contribution in [0.3, 0.4) is 0 Å². The number of carbonyl (C=O) groups is 1. The Morgan fingerprint density at radius 3 is 2.68 bits per heavy atom. The number of ether oxygens (including phenoxy) is 2. The van der Waals surface area contributed by atoms with Gasteiger partial charge in [-0.25, -0.2) is 20.0 Å². The summed E-state index contributed by atoms with van der Waals surface area (Å²) >= 11 is 0. The van der Waals surface area contributed by atoms with E-state index < -0.39 is 25.6 Å². The number of aromatic nitrogens is 4. The highest BCUT2D eigenvalue weighted by Gasteiger charge is 2.33. The molecule has 0 aliphatic rings. The predicted octanol–water partition coefficient (Wildman–Crippen LogP) is 2.07. The van der Waals surface area contributed by atoms with Gasteiger partial charge in [-0.1, -0.05) is 18.2 Å². The molecule has 1 unspecified atom stereocenters. The van der Waals surface area contributed by atoms with Crippen LogP contribution in [0.25, 0.3) is 11.2 Å². The molecule has 0 fully saturated rings. The molecule has 13 nitrogen and oxygen atoms in total. The van der Waals surface area contributed by atoms with Gasteiger partial charge in [-0.3, -0.25) is 9.36 Å². The van der Waals surface area contributed by atoms with E-state index in [1.54, 1.807) is 62.0 Å². The van der Waals surface area contributed by atoms with E-state index >= 15 is 0 Å². The number of para-hydroxylation sites is 1. The molecular formula is C23H31N8O5P. The molecule has 0 saturated heterocycles. The van der Waals surface area contributed by atoms with Crippen LogP contribution in [0.4, 0.5) is 5.82 Å². The second kappa shape index (κ2) is 13.1. The molecule has 0 bridgehead atoms. The summed E-state index contributed by atoms with van der Waals surface area (Å²) in [5.74, 6) is 0.162. The molecule has 4 N–H and O–H groups in total. The Bertz CT molecular complexity index is 1260. The van der Waals surface area contributed by atoms with E-state index in [4.69, 9.17) is 25.0 Å². The minimum Gasteiger partial charge on any atom is -0.431 e. The number of hydrogen-bond donors (Lipinski definition) is 3. The van der Waals surface area contributed by atoms with Gasteiger partial charge in [0.05, 0.1) is 31.7 Å². The molecule has 3 atom stereocenters. The second-order valence-electron chi connectivity index (χ2n) is 8.53. The third kappa shape index (κ3) is 8.23. The first kappa shape index (κ1) is 28.0. The molecule has 1 amide bonds. The lowest BCUT2D eigenvalue weighted by atomic mass is 10.3. The van der Waals surface area contributed by atoms with Crippen LogP contribution in [0.5, 0.6) is 5.75 Å². The fourth-order valence-electron chi connectivity index (χ4n) is 3.35. The number of anilines is 1. The minimum atomic E-state index is -3.81. The molecule has 2 aromatic heterocycles. The van der Waals surface area contributed by atoms with Crippen LogP contribution in [0, 0.1) is 11.3 Å². The summed E-state index contributed by atoms with van der Waals surface area (Å²) in [7, 11) is -3.81. The third-order valence-corrected chi connectivity index (χ3v) is 6.66. The van der Waals surface area contributed by atoms with E-state index in [1.807, 2.05) is 6.07 Å². The van der Waals surface area contributed by atoms with Crippen molar-refractivity contribution in [3.63, 3.8) is 0 Å². The molecule has 0 spiro atoms. The highest BCUT2D eigenvalue weighted by atomic mass is 31.2. The van der Waals surface area contributed by atoms with Gasteiger partial charge in [0.25, 0.3) is 0 Å². The number of nitrogens with two attached hydrogens (primary N) is 1. The first-order valence-corrected chi connectivity index (χ1v) is 13.4. The van der Waals surface area contributed by atoms with Gasteiger partial charge in [-0.2, -0.15) is 5.26 Å². The van der Waals surface area contributed by atoms with Gasteiger partial charge in [-0.15, -0.1) is 0 Å². The third-order valence-electron chi connectivity index (χ3n) is 4.96. The molecule has 3 aromatic rings. The molecule has 37 heavy (non-hydrogen) atoms. The molecule has 0 aliphatic carbocycles. The van der Waals surface area contributed by atoms with Crippen LogP contribution < -0.4 is 20.7 Å². The van der Waals surface area contributed by atoms with Crippen molar-refractivity contribution in [3.8, 4) is 11.8 Å². The summed E-state index contributed by atoms with van der Waals surface area (Å²) in [4.78, 5) is 25.2. The lowest BCUT2D eigenvalue weighted by Crippen LogP contribution is -2.48. The zero-order chi connectivity index (χ0) is 26.8. The Morgan fingerprint density at radius 1 is 1.22 bits per heavy atom. The van der Waals surface area contributed by atoms with Crippen molar-refractivity contribution in [1.29, 1.82) is 5.26 Å². The molecule has 2 heterocycles. The number of amides is 1. The molecule has 0 saturated carbocycles. The normalized spacial score (nSPS) is 14.6. The van der Waals surface area contributed by atoms with Gasteiger partial charge in [0.15, 0.2) is 11.5 Å². The van der Waals surface area contributed by atoms with Crippen molar-refractivity contribution in [2.24, 2.45) is 0 Å². The van der Waals surface area contributed by atoms with Gasteiger partial charge in [0.2, 0.25) is 5.91 Å². The van der Waals surface area contributed by atoms with Crippen molar-refractivity contribution in [1.82, 2.24) is 29.9 Å². The van der Waals surface area contributed by atoms with Gasteiger partial charge in [0, 0.05) is 6.04 Å². The van der Waals surface area contributed by atoms with Crippen LogP contribution in [0.15, 0.2) is 43.0 Å². The Morgan fingerprint density at radius 2 is 1.97 bits per heavy atom. The molecule has 14 heteroatoms. The molecule has 1 aromatic carbocycles. The molecular weight excluding hydrogens is 499 g/mol. The number of fused-ring (bicyclic) bond motifs is 1. The number of carbonyl (C=O) groups excluding carboxylic acids is 1. The number of hydrogen-bond acceptors (Lipinski definition) is 10. The number of imidazole rings is 1.